The number of hydrogen-bond donors (Lipinski definition) is 2. The first-order valence-corrected chi connectivity index (χ1v) is 14.7. The third-order valence-corrected chi connectivity index (χ3v) is 11.4. The van der Waals surface area contributed by atoms with Crippen molar-refractivity contribution in [1.29, 1.82) is 0 Å². The Morgan fingerprint density at radius 1 is 1.24 bits per heavy atom. The molecule has 0 heterocycles. The predicted octanol–water partition coefficient (Wildman–Crippen LogP) is 5.14. The molecular weight excluding hydrogens is 448 g/mol. The molecule has 3 aliphatic rings. The first-order chi connectivity index (χ1) is 15.8. The topological polar surface area (TPSA) is 83.8 Å². The molecule has 0 aromatic carbocycles. The Bertz CT molecular complexity index is 910. The SMILES string of the molecule is C=C1/C(=C\C=C2/CCC[C@]3(C)[C@@H]([C@@H](C)OCCCS(=O)(=O)C(C)(C)C)CC[C@@H]23)C[C@@H](O)C[C@@H]1O. The van der Waals surface area contributed by atoms with Gasteiger partial charge in [0.05, 0.1) is 28.8 Å². The van der Waals surface area contributed by atoms with E-state index in [9.17, 15) is 18.6 Å². The Hall–Kier alpha value is -0.950. The summed E-state index contributed by atoms with van der Waals surface area (Å²) in [4.78, 5) is 0. The number of allylic oxidation sites excluding steroid dienone is 3. The molecule has 0 amide bonds. The van der Waals surface area contributed by atoms with Crippen LogP contribution < -0.4 is 0 Å². The zero-order valence-electron chi connectivity index (χ0n) is 21.8. The lowest BCUT2D eigenvalue weighted by molar-refractivity contribution is -0.0244. The molecule has 3 rings (SSSR count). The van der Waals surface area contributed by atoms with Gasteiger partial charge in [0.1, 0.15) is 0 Å². The standard InChI is InChI=1S/C28H46O5S/c1-19-22(17-23(29)18-26(19)30)11-10-21-9-7-14-28(6)24(12-13-25(21)28)20(2)33-15-8-16-34(31,32)27(3,4)5/h10-11,20,23-26,29-30H,1,7-9,12-18H2,2-6H3/b21-10+,22-11-/t20-,23-,24-,25+,26+,28-/m1/s1. The summed E-state index contributed by atoms with van der Waals surface area (Å²) >= 11 is 0. The predicted molar refractivity (Wildman–Crippen MR) is 138 cm³/mol. The van der Waals surface area contributed by atoms with Gasteiger partial charge in [-0.05, 0) is 101 Å². The molecule has 6 heteroatoms. The van der Waals surface area contributed by atoms with Gasteiger partial charge in [0.25, 0.3) is 0 Å². The number of rotatable bonds is 7. The van der Waals surface area contributed by atoms with Crippen LogP contribution in [0.15, 0.2) is 35.5 Å². The lowest BCUT2D eigenvalue weighted by Gasteiger charge is -2.44. The van der Waals surface area contributed by atoms with E-state index >= 15 is 0 Å². The van der Waals surface area contributed by atoms with E-state index in [0.717, 1.165) is 36.8 Å². The number of ether oxygens (including phenoxy) is 1. The second kappa shape index (κ2) is 10.6. The molecule has 0 aliphatic heterocycles. The molecule has 2 N–H and O–H groups in total. The number of sulfone groups is 1. The first kappa shape index (κ1) is 27.6. The van der Waals surface area contributed by atoms with Gasteiger partial charge in [0.2, 0.25) is 0 Å². The van der Waals surface area contributed by atoms with E-state index in [2.05, 4.69) is 32.6 Å². The van der Waals surface area contributed by atoms with E-state index < -0.39 is 26.8 Å². The maximum atomic E-state index is 12.4. The van der Waals surface area contributed by atoms with Crippen molar-refractivity contribution in [2.24, 2.45) is 17.3 Å². The second-order valence-corrected chi connectivity index (χ2v) is 14.9. The molecule has 0 unspecified atom stereocenters. The molecule has 0 spiro atoms. The van der Waals surface area contributed by atoms with Crippen LogP contribution in [0.2, 0.25) is 0 Å². The summed E-state index contributed by atoms with van der Waals surface area (Å²) in [5.74, 6) is 1.15. The molecule has 0 aromatic heterocycles. The summed E-state index contributed by atoms with van der Waals surface area (Å²) in [7, 11) is -3.11. The number of aliphatic hydroxyl groups excluding tert-OH is 2. The third kappa shape index (κ3) is 5.88. The van der Waals surface area contributed by atoms with Crippen LogP contribution in [0.4, 0.5) is 0 Å². The fourth-order valence-electron chi connectivity index (χ4n) is 6.46. The van der Waals surface area contributed by atoms with Crippen LogP contribution >= 0.6 is 0 Å². The summed E-state index contributed by atoms with van der Waals surface area (Å²) in [5.41, 5.74) is 3.35. The largest absolute Gasteiger partial charge is 0.393 e. The van der Waals surface area contributed by atoms with E-state index in [0.29, 0.717) is 37.7 Å². The summed E-state index contributed by atoms with van der Waals surface area (Å²) in [6.45, 7) is 14.4. The Kier molecular flexibility index (Phi) is 8.60. The van der Waals surface area contributed by atoms with Gasteiger partial charge in [-0.25, -0.2) is 8.42 Å². The molecule has 3 fully saturated rings. The van der Waals surface area contributed by atoms with Crippen molar-refractivity contribution >= 4 is 9.84 Å². The average Bonchev–Trinajstić information content (AvgIpc) is 3.09. The Balaban J connectivity index is 1.63. The van der Waals surface area contributed by atoms with Gasteiger partial charge in [-0.15, -0.1) is 0 Å². The molecule has 0 saturated heterocycles. The summed E-state index contributed by atoms with van der Waals surface area (Å²) in [6, 6.07) is 0. The van der Waals surface area contributed by atoms with Crippen molar-refractivity contribution in [3.8, 4) is 0 Å². The monoisotopic (exact) mass is 494 g/mol. The average molecular weight is 495 g/mol. The maximum absolute atomic E-state index is 12.4. The van der Waals surface area contributed by atoms with Gasteiger partial charge in [-0.2, -0.15) is 0 Å². The van der Waals surface area contributed by atoms with Crippen LogP contribution in [-0.4, -0.2) is 54.0 Å². The van der Waals surface area contributed by atoms with E-state index in [1.54, 1.807) is 20.8 Å². The summed E-state index contributed by atoms with van der Waals surface area (Å²) in [6.07, 6.45) is 10.4. The van der Waals surface area contributed by atoms with Crippen molar-refractivity contribution in [2.75, 3.05) is 12.4 Å². The molecule has 0 aromatic rings. The highest BCUT2D eigenvalue weighted by Crippen LogP contribution is 2.58. The Morgan fingerprint density at radius 2 is 1.94 bits per heavy atom. The quantitative estimate of drug-likeness (QED) is 0.479. The van der Waals surface area contributed by atoms with Crippen molar-refractivity contribution in [1.82, 2.24) is 0 Å². The number of fused-ring (bicyclic) bond motifs is 1. The summed E-state index contributed by atoms with van der Waals surface area (Å²) in [5, 5.41) is 20.2. The van der Waals surface area contributed by atoms with Crippen molar-refractivity contribution in [2.45, 2.75) is 109 Å². The molecule has 5 nitrogen and oxygen atoms in total. The van der Waals surface area contributed by atoms with E-state index in [-0.39, 0.29) is 17.3 Å². The second-order valence-electron chi connectivity index (χ2n) is 12.0. The van der Waals surface area contributed by atoms with E-state index in [1.165, 1.54) is 12.0 Å². The van der Waals surface area contributed by atoms with Gasteiger partial charge >= 0.3 is 0 Å². The molecule has 3 saturated carbocycles. The Labute approximate surface area is 207 Å². The highest BCUT2D eigenvalue weighted by molar-refractivity contribution is 7.92. The smallest absolute Gasteiger partial charge is 0.155 e. The van der Waals surface area contributed by atoms with Crippen LogP contribution in [0.3, 0.4) is 0 Å². The van der Waals surface area contributed by atoms with Crippen molar-refractivity contribution in [3.05, 3.63) is 35.5 Å². The zero-order valence-corrected chi connectivity index (χ0v) is 22.7. The zero-order chi connectivity index (χ0) is 25.3. The molecular formula is C28H46O5S. The fourth-order valence-corrected chi connectivity index (χ4v) is 7.57. The van der Waals surface area contributed by atoms with Gasteiger partial charge in [0, 0.05) is 13.0 Å². The lowest BCUT2D eigenvalue weighted by Crippen LogP contribution is -2.39. The van der Waals surface area contributed by atoms with Gasteiger partial charge in [-0.1, -0.05) is 31.2 Å². The highest BCUT2D eigenvalue weighted by atomic mass is 32.2. The normalized spacial score (nSPS) is 36.1. The lowest BCUT2D eigenvalue weighted by atomic mass is 9.62. The molecule has 34 heavy (non-hydrogen) atoms. The van der Waals surface area contributed by atoms with Crippen molar-refractivity contribution in [3.63, 3.8) is 0 Å². The van der Waals surface area contributed by atoms with Crippen molar-refractivity contribution < 1.29 is 23.4 Å². The molecule has 0 radical (unpaired) electrons. The minimum absolute atomic E-state index is 0.105. The Morgan fingerprint density at radius 3 is 2.62 bits per heavy atom. The van der Waals surface area contributed by atoms with E-state index in [4.69, 9.17) is 4.74 Å². The van der Waals surface area contributed by atoms with Crippen LogP contribution in [0.1, 0.15) is 86.0 Å². The first-order valence-electron chi connectivity index (χ1n) is 13.0. The molecule has 6 atom stereocenters. The number of hydrogen-bond acceptors (Lipinski definition) is 5. The van der Waals surface area contributed by atoms with Crippen LogP contribution in [0.5, 0.6) is 0 Å². The van der Waals surface area contributed by atoms with Crippen LogP contribution in [0, 0.1) is 17.3 Å². The van der Waals surface area contributed by atoms with Gasteiger partial charge in [-0.3, -0.25) is 0 Å². The molecule has 0 bridgehead atoms. The minimum Gasteiger partial charge on any atom is -0.393 e. The number of aliphatic hydroxyl groups is 2. The van der Waals surface area contributed by atoms with Crippen LogP contribution in [0.25, 0.3) is 0 Å². The summed E-state index contributed by atoms with van der Waals surface area (Å²) < 4.78 is 30.2. The third-order valence-electron chi connectivity index (χ3n) is 8.74. The van der Waals surface area contributed by atoms with Gasteiger partial charge < -0.3 is 14.9 Å². The molecule has 3 aliphatic carbocycles. The maximum Gasteiger partial charge on any atom is 0.155 e. The van der Waals surface area contributed by atoms with Gasteiger partial charge in [0.15, 0.2) is 9.84 Å². The van der Waals surface area contributed by atoms with Crippen LogP contribution in [-0.2, 0) is 14.6 Å². The molecule has 194 valence electrons. The minimum atomic E-state index is -3.11. The van der Waals surface area contributed by atoms with E-state index in [1.807, 2.05) is 0 Å². The fraction of sp³-hybridized carbons (Fsp3) is 0.786. The highest BCUT2D eigenvalue weighted by Gasteiger charge is 2.51.